The van der Waals surface area contributed by atoms with E-state index in [4.69, 9.17) is 5.11 Å². The van der Waals surface area contributed by atoms with Gasteiger partial charge in [0.05, 0.1) is 22.9 Å². The molecule has 8 nitrogen and oxygen atoms in total. The number of rotatable bonds is 7. The number of carbonyl (C=O) groups excluding carboxylic acids is 1. The van der Waals surface area contributed by atoms with Crippen LogP contribution in [0.25, 0.3) is 0 Å². The quantitative estimate of drug-likeness (QED) is 0.783. The van der Waals surface area contributed by atoms with Crippen LogP contribution in [0, 0.1) is 0 Å². The molecule has 0 radical (unpaired) electrons. The summed E-state index contributed by atoms with van der Waals surface area (Å²) in [6.45, 7) is 3.51. The Labute approximate surface area is 141 Å². The minimum atomic E-state index is -1.08. The van der Waals surface area contributed by atoms with Gasteiger partial charge in [-0.3, -0.25) is 14.2 Å². The highest BCUT2D eigenvalue weighted by Gasteiger charge is 2.15. The minimum absolute atomic E-state index is 0.0263. The summed E-state index contributed by atoms with van der Waals surface area (Å²) in [6.07, 6.45) is 3.52. The Morgan fingerprint density at radius 2 is 2.17 bits per heavy atom. The van der Waals surface area contributed by atoms with Gasteiger partial charge in [0.15, 0.2) is 5.69 Å². The molecule has 9 heteroatoms. The van der Waals surface area contributed by atoms with Crippen molar-refractivity contribution in [1.82, 2.24) is 24.5 Å². The maximum Gasteiger partial charge on any atom is 0.356 e. The van der Waals surface area contributed by atoms with Crippen molar-refractivity contribution in [3.63, 3.8) is 0 Å². The Kier molecular flexibility index (Phi) is 5.54. The highest BCUT2D eigenvalue weighted by molar-refractivity contribution is 9.10. The van der Waals surface area contributed by atoms with Gasteiger partial charge < -0.3 is 10.0 Å². The van der Waals surface area contributed by atoms with E-state index in [2.05, 4.69) is 26.1 Å². The van der Waals surface area contributed by atoms with Gasteiger partial charge in [0, 0.05) is 32.8 Å². The van der Waals surface area contributed by atoms with Crippen molar-refractivity contribution in [3.05, 3.63) is 34.3 Å². The number of aromatic carboxylic acids is 1. The van der Waals surface area contributed by atoms with Crippen molar-refractivity contribution in [3.8, 4) is 0 Å². The van der Waals surface area contributed by atoms with Gasteiger partial charge in [0.2, 0.25) is 5.91 Å². The van der Waals surface area contributed by atoms with Crippen LogP contribution < -0.4 is 0 Å². The number of aromatic nitrogens is 4. The lowest BCUT2D eigenvalue weighted by molar-refractivity contribution is -0.130. The summed E-state index contributed by atoms with van der Waals surface area (Å²) in [7, 11) is 1.73. The topological polar surface area (TPSA) is 93.2 Å². The molecule has 0 aliphatic heterocycles. The van der Waals surface area contributed by atoms with Gasteiger partial charge in [-0.15, -0.1) is 0 Å². The van der Waals surface area contributed by atoms with Crippen LogP contribution in [0.3, 0.4) is 0 Å². The van der Waals surface area contributed by atoms with Gasteiger partial charge in [0.25, 0.3) is 0 Å². The molecule has 0 bridgehead atoms. The summed E-state index contributed by atoms with van der Waals surface area (Å²) in [5.74, 6) is -1.13. The van der Waals surface area contributed by atoms with E-state index in [1.807, 2.05) is 11.6 Å². The van der Waals surface area contributed by atoms with Crippen LogP contribution in [0.4, 0.5) is 0 Å². The standard InChI is InChI=1S/C14H18BrN5O3/c1-3-20-12(10(15)8-16-20)9-18(2)13(21)5-7-19-6-4-11(17-19)14(22)23/h4,6,8H,3,5,7,9H2,1-2H3,(H,22,23). The molecule has 2 aromatic heterocycles. The first kappa shape index (κ1) is 17.2. The van der Waals surface area contributed by atoms with E-state index in [9.17, 15) is 9.59 Å². The Hall–Kier alpha value is -2.16. The Bertz CT molecular complexity index is 709. The molecule has 1 N–H and O–H groups in total. The molecule has 124 valence electrons. The van der Waals surface area contributed by atoms with Gasteiger partial charge in [-0.05, 0) is 28.9 Å². The molecule has 2 rings (SSSR count). The fourth-order valence-corrected chi connectivity index (χ4v) is 2.55. The van der Waals surface area contributed by atoms with E-state index in [1.54, 1.807) is 24.3 Å². The fourth-order valence-electron chi connectivity index (χ4n) is 2.13. The monoisotopic (exact) mass is 383 g/mol. The zero-order chi connectivity index (χ0) is 17.0. The molecule has 0 atom stereocenters. The first-order valence-corrected chi connectivity index (χ1v) is 7.92. The van der Waals surface area contributed by atoms with E-state index in [0.29, 0.717) is 13.1 Å². The number of hydrogen-bond donors (Lipinski definition) is 1. The smallest absolute Gasteiger partial charge is 0.356 e. The number of halogens is 1. The van der Waals surface area contributed by atoms with Gasteiger partial charge in [-0.25, -0.2) is 4.79 Å². The first-order chi connectivity index (χ1) is 10.9. The number of carboxylic acids is 1. The lowest BCUT2D eigenvalue weighted by atomic mass is 10.3. The fraction of sp³-hybridized carbons (Fsp3) is 0.429. The number of carboxylic acid groups (broad SMARTS) is 1. The van der Waals surface area contributed by atoms with E-state index in [-0.39, 0.29) is 18.0 Å². The predicted molar refractivity (Wildman–Crippen MR) is 85.9 cm³/mol. The Balaban J connectivity index is 1.92. The molecule has 0 fully saturated rings. The molecule has 2 heterocycles. The average Bonchev–Trinajstić information content (AvgIpc) is 3.12. The molecule has 0 saturated carbocycles. The number of amides is 1. The van der Waals surface area contributed by atoms with Crippen molar-refractivity contribution in [2.24, 2.45) is 0 Å². The second-order valence-corrected chi connectivity index (χ2v) is 5.88. The predicted octanol–water partition coefficient (Wildman–Crippen LogP) is 1.61. The third-order valence-corrected chi connectivity index (χ3v) is 4.09. The molecule has 0 spiro atoms. The van der Waals surface area contributed by atoms with Crippen molar-refractivity contribution in [2.45, 2.75) is 33.0 Å². The van der Waals surface area contributed by atoms with E-state index < -0.39 is 5.97 Å². The summed E-state index contributed by atoms with van der Waals surface area (Å²) in [4.78, 5) is 24.6. The molecule has 0 aromatic carbocycles. The number of aryl methyl sites for hydroxylation is 2. The SMILES string of the molecule is CCn1ncc(Br)c1CN(C)C(=O)CCn1ccc(C(=O)O)n1. The van der Waals surface area contributed by atoms with Crippen LogP contribution in [0.1, 0.15) is 29.5 Å². The van der Waals surface area contributed by atoms with Crippen LogP contribution in [0.2, 0.25) is 0 Å². The number of carbonyl (C=O) groups is 2. The lowest BCUT2D eigenvalue weighted by Gasteiger charge is -2.18. The summed E-state index contributed by atoms with van der Waals surface area (Å²) >= 11 is 3.44. The second-order valence-electron chi connectivity index (χ2n) is 5.02. The molecule has 23 heavy (non-hydrogen) atoms. The Morgan fingerprint density at radius 1 is 1.43 bits per heavy atom. The van der Waals surface area contributed by atoms with E-state index >= 15 is 0 Å². The highest BCUT2D eigenvalue weighted by atomic mass is 79.9. The van der Waals surface area contributed by atoms with Crippen LogP contribution in [0.15, 0.2) is 22.9 Å². The number of nitrogens with zero attached hydrogens (tertiary/aromatic N) is 5. The molecule has 1 amide bonds. The van der Waals surface area contributed by atoms with Crippen molar-refractivity contribution >= 4 is 27.8 Å². The van der Waals surface area contributed by atoms with Crippen molar-refractivity contribution in [1.29, 1.82) is 0 Å². The third kappa shape index (κ3) is 4.19. The second kappa shape index (κ2) is 7.40. The van der Waals surface area contributed by atoms with Crippen LogP contribution in [-0.4, -0.2) is 48.5 Å². The highest BCUT2D eigenvalue weighted by Crippen LogP contribution is 2.17. The molecule has 0 saturated heterocycles. The van der Waals surface area contributed by atoms with Crippen LogP contribution >= 0.6 is 15.9 Å². The largest absolute Gasteiger partial charge is 0.476 e. The average molecular weight is 384 g/mol. The van der Waals surface area contributed by atoms with Gasteiger partial charge in [-0.1, -0.05) is 0 Å². The maximum absolute atomic E-state index is 12.2. The van der Waals surface area contributed by atoms with Crippen LogP contribution in [0.5, 0.6) is 0 Å². The molecular weight excluding hydrogens is 366 g/mol. The maximum atomic E-state index is 12.2. The lowest BCUT2D eigenvalue weighted by Crippen LogP contribution is -2.28. The Morgan fingerprint density at radius 3 is 2.78 bits per heavy atom. The molecule has 0 aliphatic rings. The molecule has 0 unspecified atom stereocenters. The zero-order valence-electron chi connectivity index (χ0n) is 12.9. The molecule has 2 aromatic rings. The molecular formula is C14H18BrN5O3. The molecule has 0 aliphatic carbocycles. The van der Waals surface area contributed by atoms with E-state index in [0.717, 1.165) is 16.7 Å². The van der Waals surface area contributed by atoms with Crippen molar-refractivity contribution in [2.75, 3.05) is 7.05 Å². The van der Waals surface area contributed by atoms with Crippen LogP contribution in [-0.2, 0) is 24.4 Å². The summed E-state index contributed by atoms with van der Waals surface area (Å²) in [5, 5.41) is 16.9. The normalized spacial score (nSPS) is 10.7. The zero-order valence-corrected chi connectivity index (χ0v) is 14.5. The van der Waals surface area contributed by atoms with Crippen molar-refractivity contribution < 1.29 is 14.7 Å². The third-order valence-electron chi connectivity index (χ3n) is 3.42. The summed E-state index contributed by atoms with van der Waals surface area (Å²) in [5.41, 5.74) is 0.914. The summed E-state index contributed by atoms with van der Waals surface area (Å²) in [6, 6.07) is 1.41. The number of hydrogen-bond acceptors (Lipinski definition) is 4. The summed E-state index contributed by atoms with van der Waals surface area (Å²) < 4.78 is 4.17. The minimum Gasteiger partial charge on any atom is -0.476 e. The van der Waals surface area contributed by atoms with Gasteiger partial charge in [-0.2, -0.15) is 10.2 Å². The van der Waals surface area contributed by atoms with Gasteiger partial charge >= 0.3 is 5.97 Å². The van der Waals surface area contributed by atoms with Gasteiger partial charge in [0.1, 0.15) is 0 Å². The first-order valence-electron chi connectivity index (χ1n) is 7.13. The van der Waals surface area contributed by atoms with E-state index in [1.165, 1.54) is 10.7 Å².